The van der Waals surface area contributed by atoms with Crippen LogP contribution in [0, 0.1) is 5.92 Å². The van der Waals surface area contributed by atoms with Gasteiger partial charge in [-0.2, -0.15) is 0 Å². The highest BCUT2D eigenvalue weighted by molar-refractivity contribution is 5.91. The van der Waals surface area contributed by atoms with Gasteiger partial charge in [-0.3, -0.25) is 4.79 Å². The van der Waals surface area contributed by atoms with Gasteiger partial charge in [0.25, 0.3) is 0 Å². The van der Waals surface area contributed by atoms with Gasteiger partial charge in [-0.05, 0) is 42.3 Å². The number of benzene rings is 2. The van der Waals surface area contributed by atoms with Crippen LogP contribution in [0.4, 0.5) is 0 Å². The topological polar surface area (TPSA) is 191 Å². The zero-order valence-corrected chi connectivity index (χ0v) is 24.5. The first kappa shape index (κ1) is 32.4. The summed E-state index contributed by atoms with van der Waals surface area (Å²) in [4.78, 5) is 26.3. The summed E-state index contributed by atoms with van der Waals surface area (Å²) in [5, 5.41) is 50.6. The van der Waals surface area contributed by atoms with Gasteiger partial charge in [0.2, 0.25) is 6.29 Å². The molecule has 4 aliphatic heterocycles. The molecule has 0 saturated carbocycles. The maximum absolute atomic E-state index is 13.3. The maximum Gasteiger partial charge on any atom is 0.337 e. The first-order valence-electron chi connectivity index (χ1n) is 14.6. The molecule has 1 fully saturated rings. The van der Waals surface area contributed by atoms with E-state index in [-0.39, 0.29) is 36.7 Å². The van der Waals surface area contributed by atoms with E-state index in [0.29, 0.717) is 24.2 Å². The lowest BCUT2D eigenvalue weighted by Gasteiger charge is -2.42. The Balaban J connectivity index is 1.38. The molecular formula is C32H36O13. The summed E-state index contributed by atoms with van der Waals surface area (Å²) >= 11 is 0. The molecule has 2 aromatic carbocycles. The molecule has 7 atom stereocenters. The highest BCUT2D eigenvalue weighted by atomic mass is 16.8. The minimum absolute atomic E-state index is 0.000427. The number of carbonyl (C=O) groups excluding carboxylic acids is 2. The Labute approximate surface area is 258 Å². The van der Waals surface area contributed by atoms with Crippen LogP contribution in [0.3, 0.4) is 0 Å². The van der Waals surface area contributed by atoms with E-state index in [1.165, 1.54) is 6.07 Å². The molecule has 4 bridgehead atoms. The minimum Gasteiger partial charge on any atom is -0.504 e. The van der Waals surface area contributed by atoms with Gasteiger partial charge < -0.3 is 54.0 Å². The summed E-state index contributed by atoms with van der Waals surface area (Å²) in [6, 6.07) is 12.0. The van der Waals surface area contributed by atoms with E-state index < -0.39 is 61.5 Å². The summed E-state index contributed by atoms with van der Waals surface area (Å²) in [5.41, 5.74) is 1.98. The van der Waals surface area contributed by atoms with E-state index in [9.17, 15) is 35.1 Å². The number of ether oxygens (including phenoxy) is 6. The monoisotopic (exact) mass is 628 g/mol. The van der Waals surface area contributed by atoms with Gasteiger partial charge in [-0.25, -0.2) is 4.79 Å². The third kappa shape index (κ3) is 7.47. The summed E-state index contributed by atoms with van der Waals surface area (Å²) in [6.45, 7) is 1.01. The van der Waals surface area contributed by atoms with Gasteiger partial charge in [0.1, 0.15) is 30.2 Å². The van der Waals surface area contributed by atoms with Crippen LogP contribution in [0.2, 0.25) is 0 Å². The van der Waals surface area contributed by atoms with E-state index in [2.05, 4.69) is 0 Å². The fraction of sp³-hybridized carbons (Fsp3) is 0.438. The molecule has 4 heterocycles. The number of hydrogen-bond acceptors (Lipinski definition) is 13. The summed E-state index contributed by atoms with van der Waals surface area (Å²) in [6.07, 6.45) is -5.85. The SMILES string of the molecule is CC=C1[C@H](O[C@H]2O[C@H](CO)[C@@H](O)[C@H](O)[C@H]2O)OC=C2C(=O)OCCc3ccc(cc3)Oc3cc(ccc3O)CCOC(=O)C[C@H]21. The van der Waals surface area contributed by atoms with Crippen LogP contribution in [-0.4, -0.2) is 94.3 Å². The lowest BCUT2D eigenvalue weighted by atomic mass is 9.86. The fourth-order valence-corrected chi connectivity index (χ4v) is 5.31. The van der Waals surface area contributed by atoms with Crippen LogP contribution < -0.4 is 4.74 Å². The van der Waals surface area contributed by atoms with Crippen molar-refractivity contribution < 1.29 is 63.5 Å². The number of phenols is 1. The van der Waals surface area contributed by atoms with E-state index in [4.69, 9.17) is 28.4 Å². The second-order valence-electron chi connectivity index (χ2n) is 10.8. The average molecular weight is 629 g/mol. The van der Waals surface area contributed by atoms with Crippen molar-refractivity contribution in [3.63, 3.8) is 0 Å². The zero-order valence-electron chi connectivity index (χ0n) is 24.5. The van der Waals surface area contributed by atoms with E-state index in [1.807, 2.05) is 12.1 Å². The van der Waals surface area contributed by atoms with Crippen LogP contribution in [0.25, 0.3) is 0 Å². The predicted octanol–water partition coefficient (Wildman–Crippen LogP) is 1.38. The minimum atomic E-state index is -1.70. The Bertz CT molecular complexity index is 1420. The molecule has 1 saturated heterocycles. The second-order valence-corrected chi connectivity index (χ2v) is 10.8. The molecule has 0 aliphatic carbocycles. The van der Waals surface area contributed by atoms with Crippen LogP contribution in [0.15, 0.2) is 65.9 Å². The van der Waals surface area contributed by atoms with Crippen molar-refractivity contribution in [2.75, 3.05) is 19.8 Å². The van der Waals surface area contributed by atoms with Crippen LogP contribution >= 0.6 is 0 Å². The number of esters is 2. The number of aromatic hydroxyl groups is 1. The van der Waals surface area contributed by atoms with Crippen molar-refractivity contribution in [2.45, 2.75) is 63.2 Å². The predicted molar refractivity (Wildman–Crippen MR) is 154 cm³/mol. The lowest BCUT2D eigenvalue weighted by molar-refractivity contribution is -0.327. The van der Waals surface area contributed by atoms with Crippen molar-refractivity contribution >= 4 is 11.9 Å². The van der Waals surface area contributed by atoms with Gasteiger partial charge in [0.15, 0.2) is 17.8 Å². The molecule has 2 aromatic rings. The molecule has 4 aliphatic rings. The molecule has 13 heteroatoms. The molecular weight excluding hydrogens is 592 g/mol. The Morgan fingerprint density at radius 2 is 1.64 bits per heavy atom. The van der Waals surface area contributed by atoms with Gasteiger partial charge in [0, 0.05) is 24.3 Å². The molecule has 242 valence electrons. The molecule has 13 nitrogen and oxygen atoms in total. The number of aliphatic hydroxyl groups is 4. The number of aliphatic hydroxyl groups excluding tert-OH is 4. The number of fused-ring (bicyclic) bond motifs is 9. The van der Waals surface area contributed by atoms with Crippen LogP contribution in [0.1, 0.15) is 24.5 Å². The number of hydrogen-bond donors (Lipinski definition) is 5. The Morgan fingerprint density at radius 1 is 0.933 bits per heavy atom. The van der Waals surface area contributed by atoms with E-state index in [1.54, 1.807) is 37.3 Å². The van der Waals surface area contributed by atoms with Crippen molar-refractivity contribution in [1.29, 1.82) is 0 Å². The van der Waals surface area contributed by atoms with E-state index >= 15 is 0 Å². The lowest BCUT2D eigenvalue weighted by Crippen LogP contribution is -2.60. The molecule has 5 N–H and O–H groups in total. The van der Waals surface area contributed by atoms with Crippen molar-refractivity contribution in [3.05, 3.63) is 77.1 Å². The molecule has 6 rings (SSSR count). The molecule has 0 spiro atoms. The van der Waals surface area contributed by atoms with Crippen molar-refractivity contribution in [3.8, 4) is 17.2 Å². The summed E-state index contributed by atoms with van der Waals surface area (Å²) in [5.74, 6) is -1.55. The van der Waals surface area contributed by atoms with Crippen LogP contribution in [0.5, 0.6) is 17.2 Å². The molecule has 0 amide bonds. The molecule has 45 heavy (non-hydrogen) atoms. The Kier molecular flexibility index (Phi) is 10.4. The number of rotatable bonds is 3. The van der Waals surface area contributed by atoms with Gasteiger partial charge in [-0.1, -0.05) is 24.3 Å². The fourth-order valence-electron chi connectivity index (χ4n) is 5.31. The quantitative estimate of drug-likeness (QED) is 0.242. The third-order valence-electron chi connectivity index (χ3n) is 7.87. The molecule has 0 unspecified atom stereocenters. The van der Waals surface area contributed by atoms with Crippen molar-refractivity contribution in [1.82, 2.24) is 0 Å². The number of phenolic OH excluding ortho intramolecular Hbond substituents is 1. The standard InChI is InChI=1S/C32H36O13/c1-2-20-21-14-26(35)40-11-10-18-5-8-23(34)24(13-18)43-19-6-3-17(4-7-19)9-12-41-30(39)22(21)16-42-31(20)45-32-29(38)28(37)27(36)25(15-33)44-32/h2-8,13,16,21,25,27-29,31-34,36-38H,9-12,14-15H2,1H3/t21-,25+,27+,28-,29+,31-,32+/m0/s1. The second kappa shape index (κ2) is 14.4. The normalized spacial score (nSPS) is 30.4. The van der Waals surface area contributed by atoms with Crippen molar-refractivity contribution in [2.24, 2.45) is 5.92 Å². The summed E-state index contributed by atoms with van der Waals surface area (Å²) < 4.78 is 33.9. The van der Waals surface area contributed by atoms with Crippen LogP contribution in [-0.2, 0) is 46.1 Å². The smallest absolute Gasteiger partial charge is 0.337 e. The average Bonchev–Trinajstić information content (AvgIpc) is 3.03. The Morgan fingerprint density at radius 3 is 2.38 bits per heavy atom. The number of carbonyl (C=O) groups is 2. The third-order valence-corrected chi connectivity index (χ3v) is 7.87. The largest absolute Gasteiger partial charge is 0.504 e. The van der Waals surface area contributed by atoms with Gasteiger partial charge >= 0.3 is 11.9 Å². The number of allylic oxidation sites excluding steroid dienone is 1. The molecule has 0 radical (unpaired) electrons. The molecule has 0 aromatic heterocycles. The highest BCUT2D eigenvalue weighted by Gasteiger charge is 2.47. The Hall–Kier alpha value is -3.98. The first-order chi connectivity index (χ1) is 21.7. The maximum atomic E-state index is 13.3. The van der Waals surface area contributed by atoms with Gasteiger partial charge in [-0.15, -0.1) is 0 Å². The van der Waals surface area contributed by atoms with Gasteiger partial charge in [0.05, 0.1) is 38.1 Å². The van der Waals surface area contributed by atoms with E-state index in [0.717, 1.165) is 17.4 Å². The summed E-state index contributed by atoms with van der Waals surface area (Å²) in [7, 11) is 0. The zero-order chi connectivity index (χ0) is 32.1. The highest BCUT2D eigenvalue weighted by Crippen LogP contribution is 2.37. The first-order valence-corrected chi connectivity index (χ1v) is 14.6.